The van der Waals surface area contributed by atoms with Crippen LogP contribution in [0.2, 0.25) is 0 Å². The monoisotopic (exact) mass is 313 g/mol. The van der Waals surface area contributed by atoms with E-state index in [-0.39, 0.29) is 5.91 Å². The van der Waals surface area contributed by atoms with Gasteiger partial charge in [0.25, 0.3) is 5.91 Å². The zero-order chi connectivity index (χ0) is 16.7. The minimum Gasteiger partial charge on any atom is -0.494 e. The van der Waals surface area contributed by atoms with Gasteiger partial charge in [0.2, 0.25) is 0 Å². The number of nitrogens with one attached hydrogen (secondary N) is 1. The average Bonchev–Trinajstić information content (AvgIpc) is 2.53. The molecule has 1 amide bonds. The van der Waals surface area contributed by atoms with E-state index in [0.29, 0.717) is 18.9 Å². The smallest absolute Gasteiger partial charge is 0.261 e. The molecule has 122 valence electrons. The van der Waals surface area contributed by atoms with E-state index in [0.717, 1.165) is 16.9 Å². The molecule has 0 aliphatic carbocycles. The van der Waals surface area contributed by atoms with Crippen LogP contribution < -0.4 is 14.8 Å². The van der Waals surface area contributed by atoms with Gasteiger partial charge in [-0.3, -0.25) is 4.79 Å². The molecule has 0 aliphatic rings. The number of aryl methyl sites for hydroxylation is 1. The van der Waals surface area contributed by atoms with E-state index in [1.165, 1.54) is 0 Å². The molecule has 0 bridgehead atoms. The van der Waals surface area contributed by atoms with Crippen molar-refractivity contribution in [3.05, 3.63) is 59.7 Å². The minimum atomic E-state index is -0.549. The maximum atomic E-state index is 12.1. The molecule has 0 fully saturated rings. The van der Waals surface area contributed by atoms with Crippen molar-refractivity contribution < 1.29 is 14.3 Å². The quantitative estimate of drug-likeness (QED) is 0.851. The zero-order valence-electron chi connectivity index (χ0n) is 13.8. The molecule has 0 heterocycles. The number of carbonyl (C=O) groups excluding carboxylic acids is 1. The molecule has 0 saturated heterocycles. The van der Waals surface area contributed by atoms with Gasteiger partial charge in [-0.25, -0.2) is 0 Å². The molecule has 4 nitrogen and oxygen atoms in total. The second kappa shape index (κ2) is 8.22. The summed E-state index contributed by atoms with van der Waals surface area (Å²) in [7, 11) is 0. The summed E-state index contributed by atoms with van der Waals surface area (Å²) < 4.78 is 11.1. The van der Waals surface area contributed by atoms with Gasteiger partial charge in [0.15, 0.2) is 6.10 Å². The van der Waals surface area contributed by atoms with Gasteiger partial charge in [-0.15, -0.1) is 0 Å². The van der Waals surface area contributed by atoms with Crippen molar-refractivity contribution in [2.45, 2.75) is 33.4 Å². The van der Waals surface area contributed by atoms with Crippen molar-refractivity contribution in [1.82, 2.24) is 5.32 Å². The number of carbonyl (C=O) groups is 1. The molecule has 2 aromatic rings. The van der Waals surface area contributed by atoms with E-state index in [9.17, 15) is 4.79 Å². The third-order valence-electron chi connectivity index (χ3n) is 3.35. The lowest BCUT2D eigenvalue weighted by Crippen LogP contribution is -2.35. The van der Waals surface area contributed by atoms with E-state index in [1.807, 2.05) is 62.4 Å². The first kappa shape index (κ1) is 16.9. The van der Waals surface area contributed by atoms with Crippen molar-refractivity contribution in [2.75, 3.05) is 6.61 Å². The first-order chi connectivity index (χ1) is 11.1. The summed E-state index contributed by atoms with van der Waals surface area (Å²) in [6, 6.07) is 15.4. The van der Waals surface area contributed by atoms with Gasteiger partial charge in [-0.1, -0.05) is 24.3 Å². The molecule has 2 rings (SSSR count). The van der Waals surface area contributed by atoms with Gasteiger partial charge >= 0.3 is 0 Å². The lowest BCUT2D eigenvalue weighted by Gasteiger charge is -2.15. The molecule has 1 atom stereocenters. The van der Waals surface area contributed by atoms with Crippen LogP contribution >= 0.6 is 0 Å². The molecular weight excluding hydrogens is 290 g/mol. The van der Waals surface area contributed by atoms with Crippen LogP contribution in [0.25, 0.3) is 0 Å². The van der Waals surface area contributed by atoms with Gasteiger partial charge in [0.05, 0.1) is 6.61 Å². The molecule has 0 aromatic heterocycles. The number of hydrogen-bond acceptors (Lipinski definition) is 3. The van der Waals surface area contributed by atoms with Crippen LogP contribution in [0.3, 0.4) is 0 Å². The van der Waals surface area contributed by atoms with E-state index >= 15 is 0 Å². The maximum absolute atomic E-state index is 12.1. The molecule has 0 aliphatic heterocycles. The summed E-state index contributed by atoms with van der Waals surface area (Å²) in [4.78, 5) is 12.1. The van der Waals surface area contributed by atoms with Gasteiger partial charge in [0.1, 0.15) is 11.5 Å². The predicted molar refractivity (Wildman–Crippen MR) is 90.7 cm³/mol. The van der Waals surface area contributed by atoms with Crippen molar-refractivity contribution in [3.8, 4) is 11.5 Å². The fourth-order valence-electron chi connectivity index (χ4n) is 2.19. The van der Waals surface area contributed by atoms with Crippen LogP contribution in [-0.4, -0.2) is 18.6 Å². The summed E-state index contributed by atoms with van der Waals surface area (Å²) in [5, 5.41) is 2.88. The Bertz CT molecular complexity index is 655. The highest BCUT2D eigenvalue weighted by Crippen LogP contribution is 2.15. The Hall–Kier alpha value is -2.49. The minimum absolute atomic E-state index is 0.145. The second-order valence-electron chi connectivity index (χ2n) is 5.37. The number of hydrogen-bond donors (Lipinski definition) is 1. The largest absolute Gasteiger partial charge is 0.494 e. The third-order valence-corrected chi connectivity index (χ3v) is 3.35. The van der Waals surface area contributed by atoms with Gasteiger partial charge in [0, 0.05) is 6.54 Å². The SMILES string of the molecule is CCOc1cccc(CNC(=O)C(C)Oc2cccc(C)c2)c1. The summed E-state index contributed by atoms with van der Waals surface area (Å²) in [6.45, 7) is 6.74. The maximum Gasteiger partial charge on any atom is 0.261 e. The van der Waals surface area contributed by atoms with E-state index < -0.39 is 6.10 Å². The summed E-state index contributed by atoms with van der Waals surface area (Å²) >= 11 is 0. The first-order valence-electron chi connectivity index (χ1n) is 7.81. The third kappa shape index (κ3) is 5.33. The normalized spacial score (nSPS) is 11.6. The average molecular weight is 313 g/mol. The van der Waals surface area contributed by atoms with Gasteiger partial charge in [-0.05, 0) is 56.2 Å². The van der Waals surface area contributed by atoms with Crippen molar-refractivity contribution in [2.24, 2.45) is 0 Å². The van der Waals surface area contributed by atoms with Crippen LogP contribution in [0.4, 0.5) is 0 Å². The van der Waals surface area contributed by atoms with Crippen LogP contribution in [0, 0.1) is 6.92 Å². The summed E-state index contributed by atoms with van der Waals surface area (Å²) in [5.74, 6) is 1.36. The van der Waals surface area contributed by atoms with Crippen molar-refractivity contribution in [1.29, 1.82) is 0 Å². The Morgan fingerprint density at radius 3 is 2.61 bits per heavy atom. The van der Waals surface area contributed by atoms with Crippen molar-refractivity contribution in [3.63, 3.8) is 0 Å². The fourth-order valence-corrected chi connectivity index (χ4v) is 2.19. The Balaban J connectivity index is 1.87. The summed E-state index contributed by atoms with van der Waals surface area (Å²) in [5.41, 5.74) is 2.09. The fraction of sp³-hybridized carbons (Fsp3) is 0.316. The van der Waals surface area contributed by atoms with Gasteiger partial charge < -0.3 is 14.8 Å². The second-order valence-corrected chi connectivity index (χ2v) is 5.37. The lowest BCUT2D eigenvalue weighted by molar-refractivity contribution is -0.127. The number of rotatable bonds is 7. The Morgan fingerprint density at radius 1 is 1.13 bits per heavy atom. The molecule has 0 spiro atoms. The topological polar surface area (TPSA) is 47.6 Å². The van der Waals surface area contributed by atoms with Gasteiger partial charge in [-0.2, -0.15) is 0 Å². The summed E-state index contributed by atoms with van der Waals surface area (Å²) in [6.07, 6.45) is -0.549. The molecule has 0 saturated carbocycles. The lowest BCUT2D eigenvalue weighted by atomic mass is 10.2. The van der Waals surface area contributed by atoms with Crippen LogP contribution in [-0.2, 0) is 11.3 Å². The molecule has 1 N–H and O–H groups in total. The Labute approximate surface area is 137 Å². The Morgan fingerprint density at radius 2 is 1.87 bits per heavy atom. The zero-order valence-corrected chi connectivity index (χ0v) is 13.8. The van der Waals surface area contributed by atoms with Crippen LogP contribution in [0.5, 0.6) is 11.5 Å². The first-order valence-corrected chi connectivity index (χ1v) is 7.81. The highest BCUT2D eigenvalue weighted by molar-refractivity contribution is 5.80. The molecule has 1 unspecified atom stereocenters. The van der Waals surface area contributed by atoms with E-state index in [4.69, 9.17) is 9.47 Å². The van der Waals surface area contributed by atoms with E-state index in [2.05, 4.69) is 5.32 Å². The highest BCUT2D eigenvalue weighted by Gasteiger charge is 2.14. The molecule has 0 radical (unpaired) electrons. The molecule has 4 heteroatoms. The molecular formula is C19H23NO3. The standard InChI is InChI=1S/C19H23NO3/c1-4-22-17-9-6-8-16(12-17)13-20-19(21)15(3)23-18-10-5-7-14(2)11-18/h5-12,15H,4,13H2,1-3H3,(H,20,21). The number of amides is 1. The van der Waals surface area contributed by atoms with Crippen molar-refractivity contribution >= 4 is 5.91 Å². The number of ether oxygens (including phenoxy) is 2. The predicted octanol–water partition coefficient (Wildman–Crippen LogP) is 3.48. The highest BCUT2D eigenvalue weighted by atomic mass is 16.5. The number of benzene rings is 2. The van der Waals surface area contributed by atoms with E-state index in [1.54, 1.807) is 6.92 Å². The molecule has 2 aromatic carbocycles. The molecule has 23 heavy (non-hydrogen) atoms. The Kier molecular flexibility index (Phi) is 6.03. The van der Waals surface area contributed by atoms with Crippen LogP contribution in [0.15, 0.2) is 48.5 Å². The van der Waals surface area contributed by atoms with Crippen LogP contribution in [0.1, 0.15) is 25.0 Å².